The standard InChI is InChI=1S/C18H25FN4/c1-22(12-14-6-8-20-9-7-14)18(16-11-21-23(2)13-16)15-4-3-5-17(19)10-15/h3-5,10-11,13-14,18,20H,6-9,12H2,1-2H3. The molecule has 4 nitrogen and oxygen atoms in total. The Balaban J connectivity index is 1.85. The van der Waals surface area contributed by atoms with Gasteiger partial charge in [-0.2, -0.15) is 5.10 Å². The lowest BCUT2D eigenvalue weighted by Gasteiger charge is -2.33. The summed E-state index contributed by atoms with van der Waals surface area (Å²) in [5.41, 5.74) is 2.09. The molecule has 1 unspecified atom stereocenters. The molecule has 1 aromatic heterocycles. The Morgan fingerprint density at radius 1 is 1.35 bits per heavy atom. The Hall–Kier alpha value is -1.72. The summed E-state index contributed by atoms with van der Waals surface area (Å²) in [7, 11) is 4.05. The van der Waals surface area contributed by atoms with Crippen molar-refractivity contribution in [3.05, 3.63) is 53.6 Å². The maximum atomic E-state index is 13.7. The van der Waals surface area contributed by atoms with Crippen molar-refractivity contribution in [3.8, 4) is 0 Å². The van der Waals surface area contributed by atoms with Crippen LogP contribution in [0.3, 0.4) is 0 Å². The quantitative estimate of drug-likeness (QED) is 0.920. The van der Waals surface area contributed by atoms with Gasteiger partial charge in [-0.1, -0.05) is 12.1 Å². The molecule has 0 amide bonds. The highest BCUT2D eigenvalue weighted by Gasteiger charge is 2.24. The fourth-order valence-electron chi connectivity index (χ4n) is 3.54. The second-order valence-electron chi connectivity index (χ2n) is 6.54. The highest BCUT2D eigenvalue weighted by atomic mass is 19.1. The monoisotopic (exact) mass is 316 g/mol. The predicted molar refractivity (Wildman–Crippen MR) is 89.7 cm³/mol. The first-order chi connectivity index (χ1) is 11.1. The number of hydrogen-bond donors (Lipinski definition) is 1. The van der Waals surface area contributed by atoms with Crippen LogP contribution in [0.4, 0.5) is 4.39 Å². The second-order valence-corrected chi connectivity index (χ2v) is 6.54. The van der Waals surface area contributed by atoms with Crippen molar-refractivity contribution in [1.29, 1.82) is 0 Å². The van der Waals surface area contributed by atoms with Gasteiger partial charge in [-0.05, 0) is 56.6 Å². The highest BCUT2D eigenvalue weighted by Crippen LogP contribution is 2.29. The number of halogens is 1. The number of aromatic nitrogens is 2. The number of nitrogens with zero attached hydrogens (tertiary/aromatic N) is 3. The van der Waals surface area contributed by atoms with Crippen molar-refractivity contribution < 1.29 is 4.39 Å². The van der Waals surface area contributed by atoms with E-state index in [1.807, 2.05) is 25.5 Å². The van der Waals surface area contributed by atoms with Crippen LogP contribution >= 0.6 is 0 Å². The Labute approximate surface area is 137 Å². The van der Waals surface area contributed by atoms with Gasteiger partial charge in [0.15, 0.2) is 0 Å². The molecule has 0 radical (unpaired) electrons. The van der Waals surface area contributed by atoms with Gasteiger partial charge >= 0.3 is 0 Å². The minimum Gasteiger partial charge on any atom is -0.317 e. The molecule has 124 valence electrons. The summed E-state index contributed by atoms with van der Waals surface area (Å²) in [5.74, 6) is 0.501. The van der Waals surface area contributed by atoms with Gasteiger partial charge in [0.05, 0.1) is 12.2 Å². The van der Waals surface area contributed by atoms with Gasteiger partial charge in [-0.25, -0.2) is 4.39 Å². The first-order valence-electron chi connectivity index (χ1n) is 8.28. The molecule has 1 aliphatic heterocycles. The van der Waals surface area contributed by atoms with Crippen LogP contribution in [0.2, 0.25) is 0 Å². The van der Waals surface area contributed by atoms with Crippen molar-refractivity contribution in [1.82, 2.24) is 20.0 Å². The van der Waals surface area contributed by atoms with Gasteiger partial charge in [0.1, 0.15) is 5.82 Å². The molecular weight excluding hydrogens is 291 g/mol. The van der Waals surface area contributed by atoms with Crippen LogP contribution in [-0.4, -0.2) is 41.4 Å². The van der Waals surface area contributed by atoms with Crippen LogP contribution in [0.15, 0.2) is 36.7 Å². The van der Waals surface area contributed by atoms with Gasteiger partial charge in [0, 0.05) is 25.4 Å². The first kappa shape index (κ1) is 16.1. The maximum Gasteiger partial charge on any atom is 0.123 e. The summed E-state index contributed by atoms with van der Waals surface area (Å²) >= 11 is 0. The number of nitrogens with one attached hydrogen (secondary N) is 1. The molecule has 3 rings (SSSR count). The molecular formula is C18H25FN4. The van der Waals surface area contributed by atoms with Crippen LogP contribution in [0.1, 0.15) is 30.0 Å². The van der Waals surface area contributed by atoms with Crippen molar-refractivity contribution in [2.75, 3.05) is 26.7 Å². The summed E-state index contributed by atoms with van der Waals surface area (Å²) in [6.45, 7) is 3.20. The maximum absolute atomic E-state index is 13.7. The summed E-state index contributed by atoms with van der Waals surface area (Å²) in [6, 6.07) is 6.95. The number of piperidine rings is 1. The zero-order chi connectivity index (χ0) is 16.2. The average molecular weight is 316 g/mol. The lowest BCUT2D eigenvalue weighted by molar-refractivity contribution is 0.207. The minimum atomic E-state index is -0.188. The zero-order valence-electron chi connectivity index (χ0n) is 13.9. The van der Waals surface area contributed by atoms with Gasteiger partial charge < -0.3 is 5.32 Å². The molecule has 0 saturated carbocycles. The Morgan fingerprint density at radius 3 is 2.78 bits per heavy atom. The van der Waals surface area contributed by atoms with Crippen LogP contribution in [0.5, 0.6) is 0 Å². The number of benzene rings is 1. The molecule has 5 heteroatoms. The predicted octanol–water partition coefficient (Wildman–Crippen LogP) is 2.58. The van der Waals surface area contributed by atoms with Crippen LogP contribution < -0.4 is 5.32 Å². The smallest absolute Gasteiger partial charge is 0.123 e. The third-order valence-electron chi connectivity index (χ3n) is 4.65. The van der Waals surface area contributed by atoms with Crippen molar-refractivity contribution in [2.45, 2.75) is 18.9 Å². The molecule has 0 bridgehead atoms. The third-order valence-corrected chi connectivity index (χ3v) is 4.65. The molecule has 23 heavy (non-hydrogen) atoms. The molecule has 2 heterocycles. The molecule has 0 aliphatic carbocycles. The number of hydrogen-bond acceptors (Lipinski definition) is 3. The lowest BCUT2D eigenvalue weighted by Crippen LogP contribution is -2.36. The van der Waals surface area contributed by atoms with E-state index in [1.165, 1.54) is 18.9 Å². The summed E-state index contributed by atoms with van der Waals surface area (Å²) in [5, 5.41) is 7.71. The minimum absolute atomic E-state index is 0.0364. The van der Waals surface area contributed by atoms with E-state index in [9.17, 15) is 4.39 Å². The van der Waals surface area contributed by atoms with E-state index in [1.54, 1.807) is 16.8 Å². The van der Waals surface area contributed by atoms with E-state index < -0.39 is 0 Å². The number of aryl methyl sites for hydroxylation is 1. The molecule has 2 aromatic rings. The third kappa shape index (κ3) is 3.98. The van der Waals surface area contributed by atoms with Crippen molar-refractivity contribution >= 4 is 0 Å². The molecule has 1 N–H and O–H groups in total. The van der Waals surface area contributed by atoms with Gasteiger partial charge in [-0.15, -0.1) is 0 Å². The SMILES string of the molecule is CN(CC1CCNCC1)C(c1cccc(F)c1)c1cnn(C)c1. The molecule has 1 fully saturated rings. The second kappa shape index (κ2) is 7.23. The molecule has 1 aliphatic rings. The van der Waals surface area contributed by atoms with Gasteiger partial charge in [0.2, 0.25) is 0 Å². The molecule has 1 aromatic carbocycles. The van der Waals surface area contributed by atoms with Crippen molar-refractivity contribution in [3.63, 3.8) is 0 Å². The topological polar surface area (TPSA) is 33.1 Å². The van der Waals surface area contributed by atoms with E-state index in [4.69, 9.17) is 0 Å². The number of rotatable bonds is 5. The summed E-state index contributed by atoms with van der Waals surface area (Å²) < 4.78 is 15.5. The Kier molecular flexibility index (Phi) is 5.08. The largest absolute Gasteiger partial charge is 0.317 e. The fraction of sp³-hybridized carbons (Fsp3) is 0.500. The highest BCUT2D eigenvalue weighted by molar-refractivity contribution is 5.29. The van der Waals surface area contributed by atoms with E-state index in [2.05, 4.69) is 22.4 Å². The molecule has 0 spiro atoms. The zero-order valence-corrected chi connectivity index (χ0v) is 13.9. The van der Waals surface area contributed by atoms with Crippen LogP contribution in [0.25, 0.3) is 0 Å². The van der Waals surface area contributed by atoms with E-state index in [0.29, 0.717) is 5.92 Å². The average Bonchev–Trinajstić information content (AvgIpc) is 2.94. The van der Waals surface area contributed by atoms with E-state index >= 15 is 0 Å². The Bertz CT molecular complexity index is 633. The van der Waals surface area contributed by atoms with Crippen LogP contribution in [-0.2, 0) is 7.05 Å². The summed E-state index contributed by atoms with van der Waals surface area (Å²) in [6.07, 6.45) is 6.31. The van der Waals surface area contributed by atoms with Gasteiger partial charge in [0.25, 0.3) is 0 Å². The lowest BCUT2D eigenvalue weighted by atomic mass is 9.94. The molecule has 1 saturated heterocycles. The van der Waals surface area contributed by atoms with Gasteiger partial charge in [-0.3, -0.25) is 9.58 Å². The fourth-order valence-corrected chi connectivity index (χ4v) is 3.54. The van der Waals surface area contributed by atoms with E-state index in [-0.39, 0.29) is 11.9 Å². The first-order valence-corrected chi connectivity index (χ1v) is 8.28. The normalized spacial score (nSPS) is 17.6. The molecule has 1 atom stereocenters. The van der Waals surface area contributed by atoms with Crippen molar-refractivity contribution in [2.24, 2.45) is 13.0 Å². The van der Waals surface area contributed by atoms with E-state index in [0.717, 1.165) is 30.8 Å². The Morgan fingerprint density at radius 2 is 2.13 bits per heavy atom. The van der Waals surface area contributed by atoms with Crippen LogP contribution in [0, 0.1) is 11.7 Å². The summed E-state index contributed by atoms with van der Waals surface area (Å²) in [4.78, 5) is 2.34.